The van der Waals surface area contributed by atoms with Crippen LogP contribution in [0, 0.1) is 11.6 Å². The van der Waals surface area contributed by atoms with Gasteiger partial charge in [0.15, 0.2) is 11.7 Å². The fourth-order valence-corrected chi connectivity index (χ4v) is 3.27. The highest BCUT2D eigenvalue weighted by atomic mass is 127. The average molecular weight is 529 g/mol. The van der Waals surface area contributed by atoms with Gasteiger partial charge in [0.1, 0.15) is 17.5 Å². The summed E-state index contributed by atoms with van der Waals surface area (Å²) < 4.78 is 32.8. The van der Waals surface area contributed by atoms with Crippen molar-refractivity contribution in [3.63, 3.8) is 0 Å². The van der Waals surface area contributed by atoms with Crippen LogP contribution in [0.1, 0.15) is 5.82 Å². The molecule has 1 saturated heterocycles. The van der Waals surface area contributed by atoms with Crippen molar-refractivity contribution in [3.05, 3.63) is 54.1 Å². The maximum atomic E-state index is 14.0. The molecule has 1 aliphatic rings. The summed E-state index contributed by atoms with van der Waals surface area (Å²) in [7, 11) is 1.70. The Balaban J connectivity index is 0.00000256. The second-order valence-corrected chi connectivity index (χ2v) is 6.55. The lowest BCUT2D eigenvalue weighted by molar-refractivity contribution is 0.370. The number of piperazine rings is 1. The number of rotatable bonds is 4. The minimum Gasteiger partial charge on any atom is -0.461 e. The van der Waals surface area contributed by atoms with Crippen molar-refractivity contribution in [1.29, 1.82) is 0 Å². The van der Waals surface area contributed by atoms with Gasteiger partial charge in [-0.05, 0) is 24.3 Å². The van der Waals surface area contributed by atoms with Crippen LogP contribution in [0.15, 0.2) is 46.0 Å². The Labute approximate surface area is 189 Å². The number of hydrogen-bond donors (Lipinski definition) is 2. The molecule has 0 unspecified atom stereocenters. The predicted molar refractivity (Wildman–Crippen MR) is 120 cm³/mol. The summed E-state index contributed by atoms with van der Waals surface area (Å²) in [6.07, 6.45) is 1.57. The molecule has 4 rings (SSSR count). The van der Waals surface area contributed by atoms with Crippen LogP contribution in [-0.2, 0) is 6.54 Å². The van der Waals surface area contributed by atoms with Gasteiger partial charge >= 0.3 is 0 Å². The number of guanidine groups is 1. The van der Waals surface area contributed by atoms with Crippen molar-refractivity contribution >= 4 is 35.6 Å². The van der Waals surface area contributed by atoms with Crippen LogP contribution in [0.5, 0.6) is 0 Å². The van der Waals surface area contributed by atoms with E-state index < -0.39 is 11.6 Å². The van der Waals surface area contributed by atoms with Crippen LogP contribution < -0.4 is 10.2 Å². The Morgan fingerprint density at radius 2 is 2.03 bits per heavy atom. The molecule has 0 amide bonds. The highest BCUT2D eigenvalue weighted by molar-refractivity contribution is 14.0. The molecule has 3 heterocycles. The Morgan fingerprint density at radius 1 is 1.23 bits per heavy atom. The van der Waals surface area contributed by atoms with Crippen LogP contribution in [0.4, 0.5) is 14.5 Å². The van der Waals surface area contributed by atoms with E-state index in [0.29, 0.717) is 61.8 Å². The zero-order valence-corrected chi connectivity index (χ0v) is 18.6. The molecule has 0 bridgehead atoms. The summed E-state index contributed by atoms with van der Waals surface area (Å²) in [6.45, 7) is 2.80. The summed E-state index contributed by atoms with van der Waals surface area (Å²) in [5.74, 6) is 1.59. The molecule has 160 valence electrons. The van der Waals surface area contributed by atoms with Crippen molar-refractivity contribution in [2.24, 2.45) is 4.99 Å². The van der Waals surface area contributed by atoms with Gasteiger partial charge < -0.3 is 19.5 Å². The molecular weight excluding hydrogens is 507 g/mol. The van der Waals surface area contributed by atoms with Gasteiger partial charge in [-0.3, -0.25) is 10.1 Å². The molecular formula is C19H22F2IN7O. The van der Waals surface area contributed by atoms with Gasteiger partial charge in [-0.15, -0.1) is 29.1 Å². The number of aromatic nitrogens is 3. The first-order valence-electron chi connectivity index (χ1n) is 9.25. The number of H-pyrrole nitrogens is 1. The zero-order valence-electron chi connectivity index (χ0n) is 16.3. The third-order valence-electron chi connectivity index (χ3n) is 4.73. The lowest BCUT2D eigenvalue weighted by Gasteiger charge is -2.37. The van der Waals surface area contributed by atoms with Gasteiger partial charge in [-0.2, -0.15) is 0 Å². The molecule has 1 aromatic carbocycles. The Hall–Kier alpha value is -2.70. The van der Waals surface area contributed by atoms with Crippen LogP contribution in [0.2, 0.25) is 0 Å². The lowest BCUT2D eigenvalue weighted by atomic mass is 10.2. The van der Waals surface area contributed by atoms with Gasteiger partial charge in [-0.1, -0.05) is 0 Å². The monoisotopic (exact) mass is 529 g/mol. The minimum atomic E-state index is -0.442. The summed E-state index contributed by atoms with van der Waals surface area (Å²) in [6, 6.07) is 7.09. The topological polar surface area (TPSA) is 85.6 Å². The van der Waals surface area contributed by atoms with Crippen LogP contribution in [-0.4, -0.2) is 59.3 Å². The van der Waals surface area contributed by atoms with E-state index in [2.05, 4.69) is 30.4 Å². The van der Waals surface area contributed by atoms with E-state index in [9.17, 15) is 8.78 Å². The van der Waals surface area contributed by atoms with Crippen LogP contribution in [0.25, 0.3) is 11.6 Å². The summed E-state index contributed by atoms with van der Waals surface area (Å²) in [5, 5.41) is 10.3. The molecule has 0 saturated carbocycles. The quantitative estimate of drug-likeness (QED) is 0.307. The number of aliphatic imine (C=N–C) groups is 1. The van der Waals surface area contributed by atoms with Crippen molar-refractivity contribution in [2.75, 3.05) is 38.1 Å². The fraction of sp³-hybridized carbons (Fsp3) is 0.316. The molecule has 0 aliphatic carbocycles. The normalized spacial score (nSPS) is 14.6. The number of nitrogens with zero attached hydrogens (tertiary/aromatic N) is 5. The Morgan fingerprint density at radius 3 is 2.73 bits per heavy atom. The van der Waals surface area contributed by atoms with Gasteiger partial charge in [-0.25, -0.2) is 13.8 Å². The van der Waals surface area contributed by atoms with Crippen molar-refractivity contribution in [3.8, 4) is 11.6 Å². The standard InChI is InChI=1S/C19H21F2N7O.HI/c1-22-19(23-12-17-24-18(26-25-17)16-3-2-10-29-16)28-8-6-27(7-9-28)15-11-13(20)4-5-14(15)21;/h2-5,10-11H,6-9,12H2,1H3,(H,22,23)(H,24,25,26);1H. The second kappa shape index (κ2) is 9.87. The van der Waals surface area contributed by atoms with Crippen molar-refractivity contribution < 1.29 is 13.2 Å². The van der Waals surface area contributed by atoms with Crippen LogP contribution >= 0.6 is 24.0 Å². The molecule has 30 heavy (non-hydrogen) atoms. The molecule has 11 heteroatoms. The summed E-state index contributed by atoms with van der Waals surface area (Å²) in [4.78, 5) is 12.6. The smallest absolute Gasteiger partial charge is 0.216 e. The molecule has 0 radical (unpaired) electrons. The highest BCUT2D eigenvalue weighted by Crippen LogP contribution is 2.22. The number of benzene rings is 1. The van der Waals surface area contributed by atoms with E-state index in [1.165, 1.54) is 6.07 Å². The van der Waals surface area contributed by atoms with Gasteiger partial charge in [0.25, 0.3) is 0 Å². The molecule has 0 spiro atoms. The van der Waals surface area contributed by atoms with E-state index in [1.54, 1.807) is 25.4 Å². The fourth-order valence-electron chi connectivity index (χ4n) is 3.27. The van der Waals surface area contributed by atoms with Gasteiger partial charge in [0.2, 0.25) is 5.82 Å². The number of furan rings is 1. The maximum absolute atomic E-state index is 14.0. The molecule has 1 aliphatic heterocycles. The summed E-state index contributed by atoms with van der Waals surface area (Å²) >= 11 is 0. The predicted octanol–water partition coefficient (Wildman–Crippen LogP) is 2.86. The van der Waals surface area contributed by atoms with E-state index in [4.69, 9.17) is 4.42 Å². The average Bonchev–Trinajstić information content (AvgIpc) is 3.43. The van der Waals surface area contributed by atoms with Crippen LogP contribution in [0.3, 0.4) is 0 Å². The molecule has 1 fully saturated rings. The van der Waals surface area contributed by atoms with Gasteiger partial charge in [0, 0.05) is 39.3 Å². The zero-order chi connectivity index (χ0) is 20.2. The first-order chi connectivity index (χ1) is 14.1. The van der Waals surface area contributed by atoms with Crippen molar-refractivity contribution in [1.82, 2.24) is 25.4 Å². The van der Waals surface area contributed by atoms with E-state index >= 15 is 0 Å². The van der Waals surface area contributed by atoms with E-state index in [0.717, 1.165) is 12.1 Å². The third kappa shape index (κ3) is 4.89. The third-order valence-corrected chi connectivity index (χ3v) is 4.73. The number of aromatic amines is 1. The Kier molecular flexibility index (Phi) is 7.24. The molecule has 0 atom stereocenters. The summed E-state index contributed by atoms with van der Waals surface area (Å²) in [5.41, 5.74) is 0.291. The highest BCUT2D eigenvalue weighted by Gasteiger charge is 2.22. The van der Waals surface area contributed by atoms with E-state index in [1.807, 2.05) is 4.90 Å². The number of hydrogen-bond acceptors (Lipinski definition) is 5. The molecule has 3 aromatic rings. The van der Waals surface area contributed by atoms with E-state index in [-0.39, 0.29) is 24.0 Å². The molecule has 2 aromatic heterocycles. The first kappa shape index (κ1) is 22.0. The maximum Gasteiger partial charge on any atom is 0.216 e. The lowest BCUT2D eigenvalue weighted by Crippen LogP contribution is -2.52. The van der Waals surface area contributed by atoms with Gasteiger partial charge in [0.05, 0.1) is 18.5 Å². The Bertz CT molecular complexity index is 985. The number of halogens is 3. The number of anilines is 1. The molecule has 8 nitrogen and oxygen atoms in total. The number of nitrogens with one attached hydrogen (secondary N) is 2. The minimum absolute atomic E-state index is 0. The second-order valence-electron chi connectivity index (χ2n) is 6.55. The molecule has 2 N–H and O–H groups in total. The first-order valence-corrected chi connectivity index (χ1v) is 9.25. The largest absolute Gasteiger partial charge is 0.461 e. The van der Waals surface area contributed by atoms with Crippen molar-refractivity contribution in [2.45, 2.75) is 6.54 Å². The SMILES string of the molecule is CN=C(NCc1nc(-c2ccco2)n[nH]1)N1CCN(c2cc(F)ccc2F)CC1.I.